The van der Waals surface area contributed by atoms with Crippen molar-refractivity contribution >= 4 is 22.7 Å². The van der Waals surface area contributed by atoms with Crippen molar-refractivity contribution in [3.8, 4) is 0 Å². The number of carbonyl (C=O) groups is 2. The molecule has 42 heavy (non-hydrogen) atoms. The summed E-state index contributed by atoms with van der Waals surface area (Å²) in [6.45, 7) is 15.4. The Hall–Kier alpha value is -4.44. The fraction of sp³-hybridized carbons (Fsp3) is 0.263. The monoisotopic (exact) mass is 560 g/mol. The highest BCUT2D eigenvalue weighted by Crippen LogP contribution is 2.31. The maximum atomic E-state index is 11.7. The van der Waals surface area contributed by atoms with Crippen molar-refractivity contribution in [1.82, 2.24) is 0 Å². The van der Waals surface area contributed by atoms with Crippen LogP contribution >= 0.6 is 0 Å². The second-order valence-corrected chi connectivity index (χ2v) is 12.1. The number of ether oxygens (including phenoxy) is 2. The van der Waals surface area contributed by atoms with Gasteiger partial charge in [0.25, 0.3) is 0 Å². The van der Waals surface area contributed by atoms with E-state index in [1.807, 2.05) is 36.5 Å². The summed E-state index contributed by atoms with van der Waals surface area (Å²) in [7, 11) is 0. The molecule has 0 fully saturated rings. The van der Waals surface area contributed by atoms with E-state index in [4.69, 9.17) is 9.47 Å². The molecule has 0 spiro atoms. The van der Waals surface area contributed by atoms with Crippen LogP contribution in [0.1, 0.15) is 51.7 Å². The zero-order chi connectivity index (χ0) is 30.3. The van der Waals surface area contributed by atoms with E-state index in [9.17, 15) is 9.59 Å². The second kappa shape index (κ2) is 13.0. The van der Waals surface area contributed by atoms with E-state index in [-0.39, 0.29) is 10.8 Å². The highest BCUT2D eigenvalue weighted by atomic mass is 16.5. The molecule has 4 nitrogen and oxygen atoms in total. The van der Waals surface area contributed by atoms with E-state index in [1.165, 1.54) is 45.2 Å². The highest BCUT2D eigenvalue weighted by Gasteiger charge is 2.19. The summed E-state index contributed by atoms with van der Waals surface area (Å²) in [4.78, 5) is 23.3. The van der Waals surface area contributed by atoms with Gasteiger partial charge in [0, 0.05) is 23.0 Å². The summed E-state index contributed by atoms with van der Waals surface area (Å²) in [6.07, 6.45) is 22.2. The van der Waals surface area contributed by atoms with E-state index in [2.05, 4.69) is 89.4 Å². The average Bonchev–Trinajstić information content (AvgIpc) is 3.18. The lowest BCUT2D eigenvalue weighted by Gasteiger charge is -2.16. The smallest absolute Gasteiger partial charge is 0.335 e. The third-order valence-corrected chi connectivity index (χ3v) is 7.21. The first-order valence-electron chi connectivity index (χ1n) is 14.4. The molecular weight excluding hydrogens is 520 g/mol. The van der Waals surface area contributed by atoms with Crippen LogP contribution in [-0.4, -0.2) is 11.9 Å². The standard InChI is InChI=1S/C38H40O4/c1-7-35(39)41-33-19-15-29(23-37(3,4)25-33)11-9-27-13-17-32-22-28(14-18-31(32)21-27)10-12-30-16-20-34(42-36(40)8-2)26-38(5,6)24-30/h7-8,13-26H,1-2,9-12H2,3-6H3. The van der Waals surface area contributed by atoms with Crippen molar-refractivity contribution in [2.75, 3.05) is 0 Å². The Morgan fingerprint density at radius 2 is 1.02 bits per heavy atom. The molecule has 0 amide bonds. The Morgan fingerprint density at radius 3 is 1.40 bits per heavy atom. The SMILES string of the molecule is C=CC(=O)OC1=CC(C)(C)C=C(CCc2ccc3cc(CCC4=CC(C)(C)C=C(OC(=O)C=C)C=C4)ccc3c2)C=C1. The number of rotatable bonds is 10. The number of allylic oxidation sites excluding steroid dienone is 10. The lowest BCUT2D eigenvalue weighted by atomic mass is 9.89. The van der Waals surface area contributed by atoms with Gasteiger partial charge in [0.1, 0.15) is 11.5 Å². The lowest BCUT2D eigenvalue weighted by molar-refractivity contribution is -0.134. The maximum absolute atomic E-state index is 11.7. The molecule has 0 bridgehead atoms. The van der Waals surface area contributed by atoms with Gasteiger partial charge in [0.15, 0.2) is 0 Å². The Labute approximate surface area is 249 Å². The zero-order valence-corrected chi connectivity index (χ0v) is 25.1. The Morgan fingerprint density at radius 1 is 0.619 bits per heavy atom. The van der Waals surface area contributed by atoms with Crippen LogP contribution in [0.15, 0.2) is 133 Å². The quantitative estimate of drug-likeness (QED) is 0.215. The van der Waals surface area contributed by atoms with Gasteiger partial charge in [-0.15, -0.1) is 0 Å². The van der Waals surface area contributed by atoms with Crippen molar-refractivity contribution in [1.29, 1.82) is 0 Å². The van der Waals surface area contributed by atoms with Crippen LogP contribution in [0.25, 0.3) is 10.8 Å². The van der Waals surface area contributed by atoms with Gasteiger partial charge in [-0.3, -0.25) is 0 Å². The molecule has 0 saturated heterocycles. The fourth-order valence-electron chi connectivity index (χ4n) is 5.33. The van der Waals surface area contributed by atoms with Gasteiger partial charge in [-0.25, -0.2) is 9.59 Å². The minimum absolute atomic E-state index is 0.231. The summed E-state index contributed by atoms with van der Waals surface area (Å²) in [5.41, 5.74) is 4.53. The molecule has 0 aromatic heterocycles. The number of aryl methyl sites for hydroxylation is 2. The molecule has 4 rings (SSSR count). The van der Waals surface area contributed by atoms with Crippen LogP contribution < -0.4 is 0 Å². The molecule has 0 atom stereocenters. The summed E-state index contributed by atoms with van der Waals surface area (Å²) in [5.74, 6) is 0.184. The second-order valence-electron chi connectivity index (χ2n) is 12.1. The normalized spacial score (nSPS) is 17.1. The third-order valence-electron chi connectivity index (χ3n) is 7.21. The van der Waals surface area contributed by atoms with Crippen LogP contribution in [0, 0.1) is 10.8 Å². The average molecular weight is 561 g/mol. The molecule has 2 aliphatic carbocycles. The topological polar surface area (TPSA) is 52.6 Å². The van der Waals surface area contributed by atoms with Crippen LogP contribution in [0.2, 0.25) is 0 Å². The number of hydrogen-bond acceptors (Lipinski definition) is 4. The van der Waals surface area contributed by atoms with E-state index >= 15 is 0 Å². The molecule has 0 radical (unpaired) electrons. The Bertz CT molecular complexity index is 1460. The Kier molecular flexibility index (Phi) is 9.47. The van der Waals surface area contributed by atoms with E-state index in [0.29, 0.717) is 11.5 Å². The maximum Gasteiger partial charge on any atom is 0.335 e. The molecular formula is C38H40O4. The van der Waals surface area contributed by atoms with Gasteiger partial charge in [-0.1, -0.05) is 113 Å². The first kappa shape index (κ1) is 30.5. The largest absolute Gasteiger partial charge is 0.424 e. The first-order chi connectivity index (χ1) is 19.9. The van der Waals surface area contributed by atoms with Crippen molar-refractivity contribution < 1.29 is 19.1 Å². The summed E-state index contributed by atoms with van der Waals surface area (Å²) in [6, 6.07) is 13.4. The number of esters is 2. The predicted octanol–water partition coefficient (Wildman–Crippen LogP) is 8.98. The van der Waals surface area contributed by atoms with Gasteiger partial charge in [-0.2, -0.15) is 0 Å². The predicted molar refractivity (Wildman–Crippen MR) is 171 cm³/mol. The van der Waals surface area contributed by atoms with Gasteiger partial charge < -0.3 is 9.47 Å². The lowest BCUT2D eigenvalue weighted by Crippen LogP contribution is -2.06. The molecule has 2 aromatic rings. The molecule has 0 heterocycles. The molecule has 0 saturated carbocycles. The van der Waals surface area contributed by atoms with Crippen molar-refractivity contribution in [2.45, 2.75) is 53.4 Å². The number of benzene rings is 2. The van der Waals surface area contributed by atoms with Crippen LogP contribution in [0.4, 0.5) is 0 Å². The zero-order valence-electron chi connectivity index (χ0n) is 25.1. The number of hydrogen-bond donors (Lipinski definition) is 0. The molecule has 0 N–H and O–H groups in total. The summed E-state index contributed by atoms with van der Waals surface area (Å²) in [5, 5.41) is 2.46. The van der Waals surface area contributed by atoms with Gasteiger partial charge in [-0.05, 0) is 71.9 Å². The molecule has 2 aromatic carbocycles. The van der Waals surface area contributed by atoms with Crippen molar-refractivity contribution in [3.63, 3.8) is 0 Å². The van der Waals surface area contributed by atoms with Crippen LogP contribution in [0.5, 0.6) is 0 Å². The summed E-state index contributed by atoms with van der Waals surface area (Å²) < 4.78 is 10.7. The van der Waals surface area contributed by atoms with E-state index in [1.54, 1.807) is 0 Å². The minimum Gasteiger partial charge on any atom is -0.424 e. The van der Waals surface area contributed by atoms with Gasteiger partial charge in [0.05, 0.1) is 0 Å². The Balaban J connectivity index is 1.38. The van der Waals surface area contributed by atoms with Gasteiger partial charge in [0.2, 0.25) is 0 Å². The highest BCUT2D eigenvalue weighted by molar-refractivity contribution is 5.84. The minimum atomic E-state index is -0.452. The molecule has 216 valence electrons. The third kappa shape index (κ3) is 8.78. The van der Waals surface area contributed by atoms with Crippen LogP contribution in [-0.2, 0) is 31.9 Å². The van der Waals surface area contributed by atoms with Crippen molar-refractivity contribution in [2.24, 2.45) is 10.8 Å². The number of fused-ring (bicyclic) bond motifs is 1. The fourth-order valence-corrected chi connectivity index (χ4v) is 5.33. The van der Waals surface area contributed by atoms with Crippen LogP contribution in [0.3, 0.4) is 0 Å². The van der Waals surface area contributed by atoms with E-state index in [0.717, 1.165) is 25.7 Å². The molecule has 2 aliphatic rings. The number of carbonyl (C=O) groups excluding carboxylic acids is 2. The van der Waals surface area contributed by atoms with Crippen molar-refractivity contribution in [3.05, 3.63) is 144 Å². The molecule has 4 heteroatoms. The summed E-state index contributed by atoms with van der Waals surface area (Å²) >= 11 is 0. The molecule has 0 unspecified atom stereocenters. The molecule has 0 aliphatic heterocycles. The van der Waals surface area contributed by atoms with E-state index < -0.39 is 11.9 Å². The van der Waals surface area contributed by atoms with Gasteiger partial charge >= 0.3 is 11.9 Å². The first-order valence-corrected chi connectivity index (χ1v) is 14.4.